The lowest BCUT2D eigenvalue weighted by molar-refractivity contribution is -0.153. The maximum absolute atomic E-state index is 12.8. The molecule has 2 amide bonds. The van der Waals surface area contributed by atoms with Gasteiger partial charge in [0.25, 0.3) is 0 Å². The molecule has 4 heteroatoms. The Morgan fingerprint density at radius 1 is 1.33 bits per heavy atom. The van der Waals surface area contributed by atoms with Crippen molar-refractivity contribution in [3.63, 3.8) is 0 Å². The lowest BCUT2D eigenvalue weighted by atomic mass is 9.80. The zero-order valence-electron chi connectivity index (χ0n) is 13.3. The molecule has 1 aliphatic carbocycles. The van der Waals surface area contributed by atoms with E-state index in [0.29, 0.717) is 12.5 Å². The van der Waals surface area contributed by atoms with Gasteiger partial charge in [-0.25, -0.2) is 0 Å². The topological polar surface area (TPSA) is 49.4 Å². The Bertz CT molecular complexity index is 402. The number of hydrogen-bond acceptors (Lipinski definition) is 2. The van der Waals surface area contributed by atoms with E-state index in [0.717, 1.165) is 19.3 Å². The molecule has 0 aromatic rings. The van der Waals surface area contributed by atoms with E-state index >= 15 is 0 Å². The van der Waals surface area contributed by atoms with E-state index in [4.69, 9.17) is 0 Å². The fourth-order valence-electron chi connectivity index (χ4n) is 3.64. The molecule has 0 aromatic carbocycles. The summed E-state index contributed by atoms with van der Waals surface area (Å²) in [6.07, 6.45) is 8.29. The van der Waals surface area contributed by atoms with Gasteiger partial charge in [0.2, 0.25) is 11.8 Å². The van der Waals surface area contributed by atoms with Crippen LogP contribution in [0.5, 0.6) is 0 Å². The fourth-order valence-corrected chi connectivity index (χ4v) is 3.64. The van der Waals surface area contributed by atoms with Crippen molar-refractivity contribution in [3.8, 4) is 0 Å². The summed E-state index contributed by atoms with van der Waals surface area (Å²) in [5.41, 5.74) is 0. The van der Waals surface area contributed by atoms with Gasteiger partial charge in [0.15, 0.2) is 0 Å². The molecule has 0 spiro atoms. The molecule has 0 radical (unpaired) electrons. The third-order valence-corrected chi connectivity index (χ3v) is 5.09. The van der Waals surface area contributed by atoms with Gasteiger partial charge in [-0.3, -0.25) is 9.59 Å². The molecule has 1 heterocycles. The lowest BCUT2D eigenvalue weighted by Gasteiger charge is -2.44. The summed E-state index contributed by atoms with van der Waals surface area (Å²) in [6.45, 7) is 8.31. The van der Waals surface area contributed by atoms with Crippen LogP contribution in [0, 0.1) is 11.8 Å². The largest absolute Gasteiger partial charge is 0.342 e. The molecule has 2 aliphatic rings. The Kier molecular flexibility index (Phi) is 5.43. The predicted molar refractivity (Wildman–Crippen MR) is 83.7 cm³/mol. The third kappa shape index (κ3) is 3.30. The summed E-state index contributed by atoms with van der Waals surface area (Å²) in [4.78, 5) is 27.2. The molecule has 2 fully saturated rings. The summed E-state index contributed by atoms with van der Waals surface area (Å²) >= 11 is 0. The van der Waals surface area contributed by atoms with E-state index in [2.05, 4.69) is 18.8 Å². The van der Waals surface area contributed by atoms with Crippen LogP contribution in [-0.4, -0.2) is 35.3 Å². The van der Waals surface area contributed by atoms with E-state index in [9.17, 15) is 9.59 Å². The average Bonchev–Trinajstić information content (AvgIpc) is 2.51. The summed E-state index contributed by atoms with van der Waals surface area (Å²) in [5, 5.41) is 2.99. The maximum Gasteiger partial charge on any atom is 0.246 e. The number of carbonyl (C=O) groups excluding carboxylic acids is 2. The first-order valence-corrected chi connectivity index (χ1v) is 8.31. The molecule has 0 aromatic heterocycles. The highest BCUT2D eigenvalue weighted by molar-refractivity contribution is 5.97. The molecule has 1 N–H and O–H groups in total. The zero-order chi connectivity index (χ0) is 15.4. The molecule has 3 unspecified atom stereocenters. The Labute approximate surface area is 128 Å². The summed E-state index contributed by atoms with van der Waals surface area (Å²) in [6, 6.07) is -0.668. The molecular weight excluding hydrogens is 264 g/mol. The number of nitrogens with zero attached hydrogens (tertiary/aromatic N) is 1. The Morgan fingerprint density at radius 2 is 2.00 bits per heavy atom. The first-order valence-electron chi connectivity index (χ1n) is 8.31. The lowest BCUT2D eigenvalue weighted by Crippen LogP contribution is -2.66. The Morgan fingerprint density at radius 3 is 2.57 bits per heavy atom. The van der Waals surface area contributed by atoms with Gasteiger partial charge in [0.05, 0.1) is 0 Å². The highest BCUT2D eigenvalue weighted by Gasteiger charge is 2.45. The quantitative estimate of drug-likeness (QED) is 0.792. The second-order valence-corrected chi connectivity index (χ2v) is 6.49. The standard InChI is InChI=1S/C17H28N2O2/c1-4-11-19-15(13-9-7-6-8-10-13)16(20)18-14(17(19)21)12(3)5-2/h4,12-15H,1,5-11H2,2-3H3,(H,18,20). The molecule has 1 saturated heterocycles. The van der Waals surface area contributed by atoms with E-state index in [1.165, 1.54) is 19.3 Å². The van der Waals surface area contributed by atoms with Crippen molar-refractivity contribution in [1.29, 1.82) is 0 Å². The van der Waals surface area contributed by atoms with Gasteiger partial charge in [-0.2, -0.15) is 0 Å². The van der Waals surface area contributed by atoms with Crippen LogP contribution in [0.4, 0.5) is 0 Å². The maximum atomic E-state index is 12.8. The van der Waals surface area contributed by atoms with Gasteiger partial charge in [0.1, 0.15) is 12.1 Å². The normalized spacial score (nSPS) is 29.1. The van der Waals surface area contributed by atoms with Crippen molar-refractivity contribution in [2.45, 2.75) is 64.5 Å². The van der Waals surface area contributed by atoms with Crippen LogP contribution < -0.4 is 5.32 Å². The van der Waals surface area contributed by atoms with Gasteiger partial charge >= 0.3 is 0 Å². The van der Waals surface area contributed by atoms with Gasteiger partial charge in [-0.15, -0.1) is 6.58 Å². The zero-order valence-corrected chi connectivity index (χ0v) is 13.3. The van der Waals surface area contributed by atoms with Crippen molar-refractivity contribution in [2.75, 3.05) is 6.54 Å². The van der Waals surface area contributed by atoms with Gasteiger partial charge in [-0.1, -0.05) is 45.6 Å². The summed E-state index contributed by atoms with van der Waals surface area (Å²) in [7, 11) is 0. The van der Waals surface area contributed by atoms with Crippen LogP contribution in [0.25, 0.3) is 0 Å². The van der Waals surface area contributed by atoms with E-state index in [-0.39, 0.29) is 29.8 Å². The Balaban J connectivity index is 2.21. The van der Waals surface area contributed by atoms with Gasteiger partial charge in [-0.05, 0) is 24.7 Å². The highest BCUT2D eigenvalue weighted by Crippen LogP contribution is 2.32. The monoisotopic (exact) mass is 292 g/mol. The molecule has 4 nitrogen and oxygen atoms in total. The minimum atomic E-state index is -0.373. The van der Waals surface area contributed by atoms with Crippen LogP contribution in [0.1, 0.15) is 52.4 Å². The number of nitrogens with one attached hydrogen (secondary N) is 1. The van der Waals surface area contributed by atoms with Crippen LogP contribution >= 0.6 is 0 Å². The number of carbonyl (C=O) groups is 2. The van der Waals surface area contributed by atoms with Crippen LogP contribution in [0.3, 0.4) is 0 Å². The molecule has 0 bridgehead atoms. The van der Waals surface area contributed by atoms with Crippen molar-refractivity contribution >= 4 is 11.8 Å². The molecule has 21 heavy (non-hydrogen) atoms. The van der Waals surface area contributed by atoms with Crippen LogP contribution in [0.2, 0.25) is 0 Å². The summed E-state index contributed by atoms with van der Waals surface area (Å²) < 4.78 is 0. The average molecular weight is 292 g/mol. The number of piperazine rings is 1. The molecule has 3 atom stereocenters. The smallest absolute Gasteiger partial charge is 0.246 e. The van der Waals surface area contributed by atoms with Crippen molar-refractivity contribution < 1.29 is 9.59 Å². The second kappa shape index (κ2) is 7.10. The second-order valence-electron chi connectivity index (χ2n) is 6.49. The molecule has 118 valence electrons. The molecular formula is C17H28N2O2. The van der Waals surface area contributed by atoms with Crippen molar-refractivity contribution in [2.24, 2.45) is 11.8 Å². The third-order valence-electron chi connectivity index (χ3n) is 5.09. The van der Waals surface area contributed by atoms with Crippen molar-refractivity contribution in [1.82, 2.24) is 10.2 Å². The minimum absolute atomic E-state index is 0.0358. The van der Waals surface area contributed by atoms with Crippen molar-refractivity contribution in [3.05, 3.63) is 12.7 Å². The number of amides is 2. The van der Waals surface area contributed by atoms with E-state index in [1.54, 1.807) is 11.0 Å². The van der Waals surface area contributed by atoms with Gasteiger partial charge in [0, 0.05) is 6.54 Å². The predicted octanol–water partition coefficient (Wildman–Crippen LogP) is 2.49. The number of hydrogen-bond donors (Lipinski definition) is 1. The SMILES string of the molecule is C=CCN1C(=O)C(C(C)CC)NC(=O)C1C1CCCCC1. The summed E-state index contributed by atoms with van der Waals surface area (Å²) in [5.74, 6) is 0.578. The first-order chi connectivity index (χ1) is 10.1. The van der Waals surface area contributed by atoms with Crippen LogP contribution in [-0.2, 0) is 9.59 Å². The minimum Gasteiger partial charge on any atom is -0.342 e. The first kappa shape index (κ1) is 16.1. The molecule has 1 saturated carbocycles. The van der Waals surface area contributed by atoms with E-state index in [1.807, 2.05) is 6.92 Å². The van der Waals surface area contributed by atoms with Gasteiger partial charge < -0.3 is 10.2 Å². The van der Waals surface area contributed by atoms with E-state index < -0.39 is 0 Å². The molecule has 2 rings (SSSR count). The molecule has 1 aliphatic heterocycles. The highest BCUT2D eigenvalue weighted by atomic mass is 16.2. The fraction of sp³-hybridized carbons (Fsp3) is 0.765. The van der Waals surface area contributed by atoms with Crippen LogP contribution in [0.15, 0.2) is 12.7 Å². The number of rotatable bonds is 5. The Hall–Kier alpha value is -1.32.